The zero-order valence-corrected chi connectivity index (χ0v) is 9.03. The number of aromatic nitrogens is 2. The summed E-state index contributed by atoms with van der Waals surface area (Å²) in [6.45, 7) is 0. The smallest absolute Gasteiger partial charge is 0.275 e. The molecule has 1 amide bonds. The number of nitrogens with zero attached hydrogens (tertiary/aromatic N) is 2. The number of nitrogens with one attached hydrogen (secondary N) is 1. The average Bonchev–Trinajstić information content (AvgIpc) is 2.75. The highest BCUT2D eigenvalue weighted by molar-refractivity contribution is 7.99. The van der Waals surface area contributed by atoms with Gasteiger partial charge < -0.3 is 11.1 Å². The highest BCUT2D eigenvalue weighted by Gasteiger charge is 2.21. The highest BCUT2D eigenvalue weighted by Crippen LogP contribution is 2.18. The van der Waals surface area contributed by atoms with Crippen molar-refractivity contribution >= 4 is 34.2 Å². The first kappa shape index (κ1) is 9.72. The van der Waals surface area contributed by atoms with E-state index < -0.39 is 0 Å². The molecule has 2 heterocycles. The van der Waals surface area contributed by atoms with Crippen molar-refractivity contribution in [1.29, 1.82) is 0 Å². The van der Waals surface area contributed by atoms with Crippen molar-refractivity contribution in [3.05, 3.63) is 5.69 Å². The van der Waals surface area contributed by atoms with Crippen LogP contribution in [0, 0.1) is 0 Å². The largest absolute Gasteiger partial charge is 0.387 e. The average molecular weight is 230 g/mol. The van der Waals surface area contributed by atoms with Crippen molar-refractivity contribution in [2.24, 2.45) is 0 Å². The Balaban J connectivity index is 1.98. The van der Waals surface area contributed by atoms with Crippen molar-refractivity contribution in [3.63, 3.8) is 0 Å². The Labute approximate surface area is 89.6 Å². The molecule has 2 rings (SSSR count). The van der Waals surface area contributed by atoms with Crippen LogP contribution in [0.4, 0.5) is 5.00 Å². The number of anilines is 1. The molecule has 1 saturated heterocycles. The van der Waals surface area contributed by atoms with E-state index in [0.29, 0.717) is 5.00 Å². The molecule has 0 radical (unpaired) electrons. The van der Waals surface area contributed by atoms with Gasteiger partial charge in [0.2, 0.25) is 0 Å². The van der Waals surface area contributed by atoms with E-state index >= 15 is 0 Å². The standard InChI is InChI=1S/C7H10N4OS2/c8-6-5(10-11-14-6)7(12)9-4-1-2-13-3-4/h4H,1-3,8H2,(H,9,12). The fourth-order valence-electron chi connectivity index (χ4n) is 1.26. The summed E-state index contributed by atoms with van der Waals surface area (Å²) in [6.07, 6.45) is 1.02. The molecule has 0 aliphatic carbocycles. The van der Waals surface area contributed by atoms with E-state index in [2.05, 4.69) is 14.9 Å². The molecular weight excluding hydrogens is 220 g/mol. The fraction of sp³-hybridized carbons (Fsp3) is 0.571. The van der Waals surface area contributed by atoms with Crippen LogP contribution in [0.3, 0.4) is 0 Å². The second-order valence-electron chi connectivity index (χ2n) is 3.02. The van der Waals surface area contributed by atoms with E-state index in [4.69, 9.17) is 5.73 Å². The van der Waals surface area contributed by atoms with Crippen LogP contribution >= 0.6 is 23.3 Å². The number of hydrogen-bond donors (Lipinski definition) is 2. The van der Waals surface area contributed by atoms with Gasteiger partial charge in [0.05, 0.1) is 0 Å². The minimum atomic E-state index is -0.205. The van der Waals surface area contributed by atoms with Gasteiger partial charge in [0.15, 0.2) is 5.69 Å². The van der Waals surface area contributed by atoms with Crippen molar-refractivity contribution in [2.45, 2.75) is 12.5 Å². The third-order valence-electron chi connectivity index (χ3n) is 1.99. The normalized spacial score (nSPS) is 21.0. The Morgan fingerprint density at radius 2 is 2.50 bits per heavy atom. The number of nitrogen functional groups attached to an aromatic ring is 1. The van der Waals surface area contributed by atoms with E-state index in [1.165, 1.54) is 0 Å². The van der Waals surface area contributed by atoms with Crippen LogP contribution in [0.1, 0.15) is 16.9 Å². The van der Waals surface area contributed by atoms with Gasteiger partial charge in [-0.1, -0.05) is 4.49 Å². The molecule has 0 bridgehead atoms. The topological polar surface area (TPSA) is 80.9 Å². The molecular formula is C7H10N4OS2. The summed E-state index contributed by atoms with van der Waals surface area (Å²) in [5, 5.41) is 6.95. The zero-order chi connectivity index (χ0) is 9.97. The number of rotatable bonds is 2. The van der Waals surface area contributed by atoms with E-state index in [0.717, 1.165) is 29.5 Å². The molecule has 0 spiro atoms. The number of carbonyl (C=O) groups excluding carboxylic acids is 1. The molecule has 7 heteroatoms. The SMILES string of the molecule is Nc1snnc1C(=O)NC1CCSC1. The second-order valence-corrected chi connectivity index (χ2v) is 4.96. The maximum atomic E-state index is 11.6. The van der Waals surface area contributed by atoms with Crippen LogP contribution in [-0.2, 0) is 0 Å². The third-order valence-corrected chi connectivity index (χ3v) is 3.71. The molecule has 1 fully saturated rings. The van der Waals surface area contributed by atoms with Gasteiger partial charge in [0.25, 0.3) is 5.91 Å². The molecule has 1 aromatic heterocycles. The predicted octanol–water partition coefficient (Wildman–Crippen LogP) is 0.356. The van der Waals surface area contributed by atoms with E-state index in [1.54, 1.807) is 0 Å². The van der Waals surface area contributed by atoms with Crippen molar-refractivity contribution in [2.75, 3.05) is 17.2 Å². The Kier molecular flexibility index (Phi) is 2.87. The number of nitrogens with two attached hydrogens (primary N) is 1. The van der Waals surface area contributed by atoms with Crippen LogP contribution in [-0.4, -0.2) is 33.0 Å². The summed E-state index contributed by atoms with van der Waals surface area (Å²) in [7, 11) is 0. The minimum Gasteiger partial charge on any atom is -0.387 e. The molecule has 1 atom stereocenters. The van der Waals surface area contributed by atoms with Crippen LogP contribution in [0.25, 0.3) is 0 Å². The van der Waals surface area contributed by atoms with Gasteiger partial charge in [-0.05, 0) is 12.2 Å². The molecule has 0 aromatic carbocycles. The lowest BCUT2D eigenvalue weighted by molar-refractivity contribution is 0.0937. The van der Waals surface area contributed by atoms with Gasteiger partial charge in [0, 0.05) is 23.3 Å². The fourth-order valence-corrected chi connectivity index (χ4v) is 2.84. The van der Waals surface area contributed by atoms with Crippen LogP contribution in [0.5, 0.6) is 0 Å². The van der Waals surface area contributed by atoms with Gasteiger partial charge in [-0.15, -0.1) is 5.10 Å². The number of carbonyl (C=O) groups is 1. The van der Waals surface area contributed by atoms with Gasteiger partial charge >= 0.3 is 0 Å². The number of amides is 1. The minimum absolute atomic E-state index is 0.205. The van der Waals surface area contributed by atoms with E-state index in [1.807, 2.05) is 11.8 Å². The summed E-state index contributed by atoms with van der Waals surface area (Å²) in [4.78, 5) is 11.6. The number of hydrogen-bond acceptors (Lipinski definition) is 6. The first-order chi connectivity index (χ1) is 6.77. The molecule has 76 valence electrons. The Morgan fingerprint density at radius 1 is 1.64 bits per heavy atom. The lowest BCUT2D eigenvalue weighted by Crippen LogP contribution is -2.35. The lowest BCUT2D eigenvalue weighted by Gasteiger charge is -2.09. The van der Waals surface area contributed by atoms with E-state index in [-0.39, 0.29) is 17.6 Å². The zero-order valence-electron chi connectivity index (χ0n) is 7.40. The third kappa shape index (κ3) is 1.98. The Bertz CT molecular complexity index is 334. The summed E-state index contributed by atoms with van der Waals surface area (Å²) < 4.78 is 3.62. The maximum absolute atomic E-state index is 11.6. The summed E-state index contributed by atoms with van der Waals surface area (Å²) >= 11 is 2.89. The quantitative estimate of drug-likeness (QED) is 0.766. The van der Waals surface area contributed by atoms with Crippen LogP contribution < -0.4 is 11.1 Å². The molecule has 1 aliphatic heterocycles. The van der Waals surface area contributed by atoms with Crippen molar-refractivity contribution in [1.82, 2.24) is 14.9 Å². The summed E-state index contributed by atoms with van der Waals surface area (Å²) in [6, 6.07) is 0.258. The van der Waals surface area contributed by atoms with Gasteiger partial charge in [0.1, 0.15) is 5.00 Å². The predicted molar refractivity (Wildman–Crippen MR) is 57.5 cm³/mol. The lowest BCUT2D eigenvalue weighted by atomic mass is 10.2. The molecule has 1 aromatic rings. The van der Waals surface area contributed by atoms with Crippen LogP contribution in [0.15, 0.2) is 0 Å². The molecule has 1 unspecified atom stereocenters. The maximum Gasteiger partial charge on any atom is 0.275 e. The molecule has 0 saturated carbocycles. The molecule has 5 nitrogen and oxygen atoms in total. The van der Waals surface area contributed by atoms with Crippen molar-refractivity contribution < 1.29 is 4.79 Å². The first-order valence-corrected chi connectivity index (χ1v) is 6.16. The monoisotopic (exact) mass is 230 g/mol. The highest BCUT2D eigenvalue weighted by atomic mass is 32.2. The van der Waals surface area contributed by atoms with Crippen molar-refractivity contribution in [3.8, 4) is 0 Å². The molecule has 1 aliphatic rings. The van der Waals surface area contributed by atoms with E-state index in [9.17, 15) is 4.79 Å². The second kappa shape index (κ2) is 4.14. The molecule has 3 N–H and O–H groups in total. The van der Waals surface area contributed by atoms with Crippen LogP contribution in [0.2, 0.25) is 0 Å². The van der Waals surface area contributed by atoms with Gasteiger partial charge in [-0.3, -0.25) is 4.79 Å². The molecule has 14 heavy (non-hydrogen) atoms. The van der Waals surface area contributed by atoms with Gasteiger partial charge in [-0.2, -0.15) is 11.8 Å². The van der Waals surface area contributed by atoms with Gasteiger partial charge in [-0.25, -0.2) is 0 Å². The number of thioether (sulfide) groups is 1. The first-order valence-electron chi connectivity index (χ1n) is 4.24. The Hall–Kier alpha value is -0.820. The Morgan fingerprint density at radius 3 is 3.07 bits per heavy atom. The summed E-state index contributed by atoms with van der Waals surface area (Å²) in [5.41, 5.74) is 5.80. The summed E-state index contributed by atoms with van der Waals surface area (Å²) in [5.74, 6) is 1.88.